The lowest BCUT2D eigenvalue weighted by Gasteiger charge is -2.32. The van der Waals surface area contributed by atoms with E-state index in [1.165, 1.54) is 4.90 Å². The van der Waals surface area contributed by atoms with Crippen molar-refractivity contribution >= 4 is 17.8 Å². The van der Waals surface area contributed by atoms with Crippen molar-refractivity contribution in [1.82, 2.24) is 9.80 Å². The second kappa shape index (κ2) is 7.96. The van der Waals surface area contributed by atoms with Crippen LogP contribution in [0.1, 0.15) is 33.1 Å². The first-order chi connectivity index (χ1) is 10.2. The number of carbonyl (C=O) groups is 3. The van der Waals surface area contributed by atoms with Crippen LogP contribution in [0.25, 0.3) is 0 Å². The summed E-state index contributed by atoms with van der Waals surface area (Å²) < 4.78 is 0. The number of likely N-dealkylation sites (N-methyl/N-ethyl adjacent to an activating group) is 1. The van der Waals surface area contributed by atoms with Crippen molar-refractivity contribution in [2.75, 3.05) is 26.7 Å². The molecule has 0 aromatic heterocycles. The molecule has 124 valence electrons. The van der Waals surface area contributed by atoms with E-state index in [-0.39, 0.29) is 30.2 Å². The monoisotopic (exact) mass is 310 g/mol. The molecule has 0 aromatic carbocycles. The topological polar surface area (TPSA) is 77.9 Å². The van der Waals surface area contributed by atoms with Crippen LogP contribution in [-0.2, 0) is 14.4 Å². The number of allylic oxidation sites excluding steroid dienone is 1. The molecule has 0 bridgehead atoms. The summed E-state index contributed by atoms with van der Waals surface area (Å²) in [6.45, 7) is 8.43. The maximum Gasteiger partial charge on any atom is 0.306 e. The molecule has 0 radical (unpaired) electrons. The van der Waals surface area contributed by atoms with Crippen molar-refractivity contribution in [1.29, 1.82) is 0 Å². The van der Waals surface area contributed by atoms with E-state index in [1.807, 2.05) is 13.8 Å². The third kappa shape index (κ3) is 5.16. The van der Waals surface area contributed by atoms with Gasteiger partial charge in [-0.2, -0.15) is 0 Å². The number of rotatable bonds is 6. The predicted octanol–water partition coefficient (Wildman–Crippen LogP) is 1.37. The molecule has 22 heavy (non-hydrogen) atoms. The fourth-order valence-electron chi connectivity index (χ4n) is 2.74. The van der Waals surface area contributed by atoms with Gasteiger partial charge in [0, 0.05) is 26.1 Å². The smallest absolute Gasteiger partial charge is 0.306 e. The van der Waals surface area contributed by atoms with Gasteiger partial charge in [0.25, 0.3) is 0 Å². The number of likely N-dealkylation sites (tertiary alicyclic amines) is 1. The summed E-state index contributed by atoms with van der Waals surface area (Å²) in [7, 11) is 1.62. The quantitative estimate of drug-likeness (QED) is 0.752. The van der Waals surface area contributed by atoms with Crippen LogP contribution < -0.4 is 0 Å². The summed E-state index contributed by atoms with van der Waals surface area (Å²) in [4.78, 5) is 38.4. The van der Waals surface area contributed by atoms with Crippen molar-refractivity contribution in [3.8, 4) is 0 Å². The highest BCUT2D eigenvalue weighted by Crippen LogP contribution is 2.18. The van der Waals surface area contributed by atoms with E-state index in [4.69, 9.17) is 5.11 Å². The van der Waals surface area contributed by atoms with E-state index in [0.29, 0.717) is 32.4 Å². The van der Waals surface area contributed by atoms with Crippen molar-refractivity contribution in [2.24, 2.45) is 11.8 Å². The van der Waals surface area contributed by atoms with Gasteiger partial charge in [-0.05, 0) is 26.2 Å². The van der Waals surface area contributed by atoms with Gasteiger partial charge < -0.3 is 14.9 Å². The minimum atomic E-state index is -0.798. The molecule has 0 spiro atoms. The number of piperidine rings is 1. The van der Waals surface area contributed by atoms with Gasteiger partial charge in [0.15, 0.2) is 0 Å². The Morgan fingerprint density at radius 2 is 1.86 bits per heavy atom. The van der Waals surface area contributed by atoms with E-state index in [0.717, 1.165) is 5.57 Å². The average molecular weight is 310 g/mol. The lowest BCUT2D eigenvalue weighted by molar-refractivity contribution is -0.146. The van der Waals surface area contributed by atoms with Crippen LogP contribution in [0.15, 0.2) is 12.2 Å². The summed E-state index contributed by atoms with van der Waals surface area (Å²) >= 11 is 0. The maximum atomic E-state index is 12.2. The Balaban J connectivity index is 2.46. The molecule has 6 nitrogen and oxygen atoms in total. The number of amides is 2. The zero-order valence-electron chi connectivity index (χ0n) is 13.7. The lowest BCUT2D eigenvalue weighted by atomic mass is 9.97. The zero-order chi connectivity index (χ0) is 16.9. The molecule has 6 heteroatoms. The molecule has 1 rings (SSSR count). The number of hydrogen-bond acceptors (Lipinski definition) is 3. The van der Waals surface area contributed by atoms with E-state index >= 15 is 0 Å². The third-order valence-corrected chi connectivity index (χ3v) is 4.02. The molecule has 1 aliphatic heterocycles. The number of carboxylic acids is 1. The van der Waals surface area contributed by atoms with Crippen LogP contribution in [0.3, 0.4) is 0 Å². The number of carboxylic acid groups (broad SMARTS) is 1. The second-order valence-corrected chi connectivity index (χ2v) is 6.25. The summed E-state index contributed by atoms with van der Waals surface area (Å²) in [5.74, 6) is -1.54. The number of carbonyl (C=O) groups excluding carboxylic acids is 2. The molecule has 0 aromatic rings. The predicted molar refractivity (Wildman–Crippen MR) is 83.2 cm³/mol. The Bertz CT molecular complexity index is 453. The molecule has 1 atom stereocenters. The minimum Gasteiger partial charge on any atom is -0.481 e. The van der Waals surface area contributed by atoms with Crippen LogP contribution in [0.4, 0.5) is 0 Å². The van der Waals surface area contributed by atoms with Crippen molar-refractivity contribution in [3.05, 3.63) is 12.2 Å². The zero-order valence-corrected chi connectivity index (χ0v) is 13.7. The van der Waals surface area contributed by atoms with Crippen LogP contribution in [-0.4, -0.2) is 59.4 Å². The molecule has 1 N–H and O–H groups in total. The summed E-state index contributed by atoms with van der Waals surface area (Å²) in [5, 5.41) is 8.95. The fraction of sp³-hybridized carbons (Fsp3) is 0.688. The van der Waals surface area contributed by atoms with E-state index < -0.39 is 5.97 Å². The van der Waals surface area contributed by atoms with Gasteiger partial charge in [0.1, 0.15) is 0 Å². The first-order valence-corrected chi connectivity index (χ1v) is 7.62. The summed E-state index contributed by atoms with van der Waals surface area (Å²) in [6, 6.07) is 0. The molecule has 1 unspecified atom stereocenters. The Kier molecular flexibility index (Phi) is 6.59. The third-order valence-electron chi connectivity index (χ3n) is 4.02. The van der Waals surface area contributed by atoms with Crippen LogP contribution in [0, 0.1) is 11.8 Å². The van der Waals surface area contributed by atoms with Gasteiger partial charge in [-0.15, -0.1) is 6.58 Å². The van der Waals surface area contributed by atoms with Crippen molar-refractivity contribution in [2.45, 2.75) is 33.1 Å². The first-order valence-electron chi connectivity index (χ1n) is 7.62. The molecule has 1 fully saturated rings. The first kappa shape index (κ1) is 18.2. The summed E-state index contributed by atoms with van der Waals surface area (Å²) in [6.07, 6.45) is 1.57. The Labute approximate surface area is 131 Å². The average Bonchev–Trinajstić information content (AvgIpc) is 2.45. The Hall–Kier alpha value is -1.85. The molecule has 0 aliphatic carbocycles. The van der Waals surface area contributed by atoms with Gasteiger partial charge in [0.05, 0.1) is 12.5 Å². The lowest BCUT2D eigenvalue weighted by Crippen LogP contribution is -2.46. The molecule has 1 saturated heterocycles. The van der Waals surface area contributed by atoms with Gasteiger partial charge in [-0.1, -0.05) is 12.5 Å². The number of hydrogen-bond donors (Lipinski definition) is 1. The van der Waals surface area contributed by atoms with Gasteiger partial charge >= 0.3 is 5.97 Å². The maximum absolute atomic E-state index is 12.2. The summed E-state index contributed by atoms with van der Waals surface area (Å²) in [5.41, 5.74) is 0.941. The molecule has 1 aliphatic rings. The minimum absolute atomic E-state index is 0.0388. The van der Waals surface area contributed by atoms with Crippen LogP contribution in [0.5, 0.6) is 0 Å². The highest BCUT2D eigenvalue weighted by atomic mass is 16.4. The van der Waals surface area contributed by atoms with Crippen molar-refractivity contribution < 1.29 is 19.5 Å². The molecule has 0 saturated carbocycles. The molecule has 1 heterocycles. The highest BCUT2D eigenvalue weighted by molar-refractivity contribution is 5.86. The SMILES string of the molecule is C=C(C)CC(C)C(=O)N(C)CC(=O)N1CCC(C(=O)O)CC1. The Morgan fingerprint density at radius 1 is 1.32 bits per heavy atom. The van der Waals surface area contributed by atoms with Gasteiger partial charge in [0.2, 0.25) is 11.8 Å². The molecular formula is C16H26N2O4. The van der Waals surface area contributed by atoms with E-state index in [2.05, 4.69) is 6.58 Å². The van der Waals surface area contributed by atoms with Crippen LogP contribution in [0.2, 0.25) is 0 Å². The van der Waals surface area contributed by atoms with Gasteiger partial charge in [-0.25, -0.2) is 0 Å². The van der Waals surface area contributed by atoms with E-state index in [9.17, 15) is 14.4 Å². The standard InChI is InChI=1S/C16H26N2O4/c1-11(2)9-12(3)15(20)17(4)10-14(19)18-7-5-13(6-8-18)16(21)22/h12-13H,1,5-10H2,2-4H3,(H,21,22). The van der Waals surface area contributed by atoms with Crippen molar-refractivity contribution in [3.63, 3.8) is 0 Å². The largest absolute Gasteiger partial charge is 0.481 e. The molecule has 2 amide bonds. The molecular weight excluding hydrogens is 284 g/mol. The number of nitrogens with zero attached hydrogens (tertiary/aromatic N) is 2. The normalized spacial score (nSPS) is 17.0. The Morgan fingerprint density at radius 3 is 2.32 bits per heavy atom. The highest BCUT2D eigenvalue weighted by Gasteiger charge is 2.28. The fourth-order valence-corrected chi connectivity index (χ4v) is 2.74. The van der Waals surface area contributed by atoms with Gasteiger partial charge in [-0.3, -0.25) is 14.4 Å². The number of aliphatic carboxylic acids is 1. The second-order valence-electron chi connectivity index (χ2n) is 6.25. The van der Waals surface area contributed by atoms with E-state index in [1.54, 1.807) is 11.9 Å². The van der Waals surface area contributed by atoms with Crippen LogP contribution >= 0.6 is 0 Å².